The molecule has 2 atom stereocenters. The predicted octanol–water partition coefficient (Wildman–Crippen LogP) is 0.0539. The molecular weight excluding hydrogens is 282 g/mol. The number of nitrogens with one attached hydrogen (secondary N) is 1. The Labute approximate surface area is 131 Å². The van der Waals surface area contributed by atoms with Crippen molar-refractivity contribution < 1.29 is 9.90 Å². The highest BCUT2D eigenvalue weighted by Gasteiger charge is 2.25. The molecule has 2 N–H and O–H groups in total. The van der Waals surface area contributed by atoms with Crippen molar-refractivity contribution in [3.05, 3.63) is 11.8 Å². The minimum Gasteiger partial charge on any atom is -0.392 e. The van der Waals surface area contributed by atoms with Gasteiger partial charge in [-0.3, -0.25) is 19.3 Å². The van der Waals surface area contributed by atoms with E-state index in [1.54, 1.807) is 4.68 Å². The zero-order chi connectivity index (χ0) is 16.3. The average molecular weight is 309 g/mol. The molecule has 0 radical (unpaired) electrons. The molecule has 1 aliphatic heterocycles. The van der Waals surface area contributed by atoms with E-state index in [9.17, 15) is 9.90 Å². The number of hydrogen-bond donors (Lipinski definition) is 2. The van der Waals surface area contributed by atoms with E-state index in [-0.39, 0.29) is 12.0 Å². The Balaban J connectivity index is 1.82. The summed E-state index contributed by atoms with van der Waals surface area (Å²) >= 11 is 0. The number of aromatic nitrogens is 2. The quantitative estimate of drug-likeness (QED) is 0.804. The molecule has 2 heterocycles. The van der Waals surface area contributed by atoms with Gasteiger partial charge in [0.25, 0.3) is 0 Å². The number of β-amino-alcohol motifs (C(OH)–C–C–N with tert-alkyl or cyclic N) is 1. The maximum Gasteiger partial charge on any atom is 0.239 e. The van der Waals surface area contributed by atoms with Crippen molar-refractivity contribution in [2.24, 2.45) is 7.05 Å². The van der Waals surface area contributed by atoms with Crippen molar-refractivity contribution in [3.63, 3.8) is 0 Å². The normalized spacial score (nSPS) is 21.8. The second kappa shape index (κ2) is 7.21. The van der Waals surface area contributed by atoms with Crippen LogP contribution in [-0.4, -0.2) is 75.5 Å². The Morgan fingerprint density at radius 3 is 2.82 bits per heavy atom. The number of anilines is 1. The largest absolute Gasteiger partial charge is 0.392 e. The van der Waals surface area contributed by atoms with Gasteiger partial charge in [-0.25, -0.2) is 0 Å². The van der Waals surface area contributed by atoms with Gasteiger partial charge in [0.05, 0.1) is 18.3 Å². The van der Waals surface area contributed by atoms with Gasteiger partial charge in [-0.1, -0.05) is 0 Å². The van der Waals surface area contributed by atoms with Gasteiger partial charge >= 0.3 is 0 Å². The highest BCUT2D eigenvalue weighted by molar-refractivity contribution is 5.91. The lowest BCUT2D eigenvalue weighted by Gasteiger charge is -2.40. The molecule has 0 bridgehead atoms. The van der Waals surface area contributed by atoms with Crippen LogP contribution in [0.3, 0.4) is 0 Å². The van der Waals surface area contributed by atoms with E-state index >= 15 is 0 Å². The van der Waals surface area contributed by atoms with Crippen LogP contribution in [0.5, 0.6) is 0 Å². The number of aliphatic hydroxyl groups is 1. The Morgan fingerprint density at radius 2 is 2.27 bits per heavy atom. The van der Waals surface area contributed by atoms with Gasteiger partial charge in [0.2, 0.25) is 5.91 Å². The van der Waals surface area contributed by atoms with Crippen molar-refractivity contribution in [3.8, 4) is 0 Å². The monoisotopic (exact) mass is 309 g/mol. The van der Waals surface area contributed by atoms with Crippen molar-refractivity contribution in [1.29, 1.82) is 0 Å². The number of piperazine rings is 1. The van der Waals surface area contributed by atoms with Crippen LogP contribution < -0.4 is 5.32 Å². The maximum atomic E-state index is 12.2. The molecule has 0 unspecified atom stereocenters. The lowest BCUT2D eigenvalue weighted by molar-refractivity contribution is -0.118. The van der Waals surface area contributed by atoms with Gasteiger partial charge in [-0.05, 0) is 20.8 Å². The Hall–Kier alpha value is -1.44. The van der Waals surface area contributed by atoms with Crippen LogP contribution in [0.2, 0.25) is 0 Å². The predicted molar refractivity (Wildman–Crippen MR) is 85.7 cm³/mol. The summed E-state index contributed by atoms with van der Waals surface area (Å²) in [7, 11) is 1.82. The molecular formula is C15H27N5O2. The number of amides is 1. The third-order valence-corrected chi connectivity index (χ3v) is 3.98. The number of carbonyl (C=O) groups excluding carboxylic acids is 1. The van der Waals surface area contributed by atoms with E-state index in [4.69, 9.17) is 0 Å². The molecule has 124 valence electrons. The molecule has 1 amide bonds. The molecule has 1 aromatic heterocycles. The summed E-state index contributed by atoms with van der Waals surface area (Å²) in [6, 6.07) is 2.20. The molecule has 22 heavy (non-hydrogen) atoms. The van der Waals surface area contributed by atoms with Crippen LogP contribution in [-0.2, 0) is 11.8 Å². The Bertz CT molecular complexity index is 514. The van der Waals surface area contributed by atoms with Crippen molar-refractivity contribution in [2.75, 3.05) is 38.0 Å². The standard InChI is InChI=1S/C15H27N5O2/c1-11-7-14(18(4)17-11)16-15(22)10-19-5-6-20(9-13(3)21)12(2)8-19/h7,12-13,21H,5-6,8-10H2,1-4H3,(H,16,22)/t12-,13+/m1/s1. The van der Waals surface area contributed by atoms with Crippen molar-refractivity contribution >= 4 is 11.7 Å². The fourth-order valence-electron chi connectivity index (χ4n) is 2.94. The second-order valence-electron chi connectivity index (χ2n) is 6.27. The molecule has 1 aromatic rings. The van der Waals surface area contributed by atoms with E-state index in [2.05, 4.69) is 27.1 Å². The summed E-state index contributed by atoms with van der Waals surface area (Å²) < 4.78 is 1.68. The average Bonchev–Trinajstić information content (AvgIpc) is 2.70. The van der Waals surface area contributed by atoms with Gasteiger partial charge in [0, 0.05) is 45.3 Å². The maximum absolute atomic E-state index is 12.2. The third kappa shape index (κ3) is 4.53. The van der Waals surface area contributed by atoms with E-state index in [0.717, 1.165) is 31.1 Å². The summed E-state index contributed by atoms with van der Waals surface area (Å²) in [6.07, 6.45) is -0.314. The fraction of sp³-hybridized carbons (Fsp3) is 0.733. The second-order valence-corrected chi connectivity index (χ2v) is 6.27. The Kier molecular flexibility index (Phi) is 5.55. The number of nitrogens with zero attached hydrogens (tertiary/aromatic N) is 4. The van der Waals surface area contributed by atoms with Crippen LogP contribution in [0.4, 0.5) is 5.82 Å². The molecule has 1 aliphatic rings. The first-order valence-corrected chi connectivity index (χ1v) is 7.80. The van der Waals surface area contributed by atoms with Gasteiger partial charge in [-0.15, -0.1) is 0 Å². The number of rotatable bonds is 5. The Morgan fingerprint density at radius 1 is 1.55 bits per heavy atom. The van der Waals surface area contributed by atoms with Gasteiger partial charge in [-0.2, -0.15) is 5.10 Å². The van der Waals surface area contributed by atoms with E-state index in [0.29, 0.717) is 19.1 Å². The van der Waals surface area contributed by atoms with Crippen LogP contribution in [0.15, 0.2) is 6.07 Å². The smallest absolute Gasteiger partial charge is 0.239 e. The molecule has 2 rings (SSSR count). The molecule has 0 spiro atoms. The minimum atomic E-state index is -0.314. The van der Waals surface area contributed by atoms with Crippen molar-refractivity contribution in [1.82, 2.24) is 19.6 Å². The lowest BCUT2D eigenvalue weighted by atomic mass is 10.1. The minimum absolute atomic E-state index is 0.0147. The highest BCUT2D eigenvalue weighted by atomic mass is 16.3. The molecule has 1 saturated heterocycles. The number of aliphatic hydroxyl groups excluding tert-OH is 1. The molecule has 0 aliphatic carbocycles. The summed E-state index contributed by atoms with van der Waals surface area (Å²) in [5.74, 6) is 0.711. The zero-order valence-corrected chi connectivity index (χ0v) is 13.9. The van der Waals surface area contributed by atoms with Crippen LogP contribution >= 0.6 is 0 Å². The first-order chi connectivity index (χ1) is 10.3. The number of carbonyl (C=O) groups is 1. The first-order valence-electron chi connectivity index (χ1n) is 7.80. The zero-order valence-electron chi connectivity index (χ0n) is 13.9. The van der Waals surface area contributed by atoms with Crippen LogP contribution in [0.1, 0.15) is 19.5 Å². The van der Waals surface area contributed by atoms with E-state index < -0.39 is 0 Å². The SMILES string of the molecule is Cc1cc(NC(=O)CN2CCN(C[C@H](C)O)[C@H](C)C2)n(C)n1. The van der Waals surface area contributed by atoms with Crippen LogP contribution in [0.25, 0.3) is 0 Å². The fourth-order valence-corrected chi connectivity index (χ4v) is 2.94. The molecule has 0 aromatic carbocycles. The molecule has 7 nitrogen and oxygen atoms in total. The van der Waals surface area contributed by atoms with E-state index in [1.165, 1.54) is 0 Å². The molecule has 7 heteroatoms. The topological polar surface area (TPSA) is 73.6 Å². The lowest BCUT2D eigenvalue weighted by Crippen LogP contribution is -2.54. The van der Waals surface area contributed by atoms with Crippen molar-refractivity contribution in [2.45, 2.75) is 32.9 Å². The van der Waals surface area contributed by atoms with Crippen LogP contribution in [0, 0.1) is 6.92 Å². The van der Waals surface area contributed by atoms with Gasteiger partial charge in [0.1, 0.15) is 5.82 Å². The summed E-state index contributed by atoms with van der Waals surface area (Å²) in [5, 5.41) is 16.6. The highest BCUT2D eigenvalue weighted by Crippen LogP contribution is 2.11. The van der Waals surface area contributed by atoms with E-state index in [1.807, 2.05) is 27.0 Å². The number of aryl methyl sites for hydroxylation is 2. The number of hydrogen-bond acceptors (Lipinski definition) is 5. The molecule has 0 saturated carbocycles. The van der Waals surface area contributed by atoms with Gasteiger partial charge in [0.15, 0.2) is 0 Å². The van der Waals surface area contributed by atoms with Gasteiger partial charge < -0.3 is 10.4 Å². The summed E-state index contributed by atoms with van der Waals surface area (Å²) in [4.78, 5) is 16.6. The summed E-state index contributed by atoms with van der Waals surface area (Å²) in [5.41, 5.74) is 0.887. The summed E-state index contributed by atoms with van der Waals surface area (Å²) in [6.45, 7) is 9.48. The third-order valence-electron chi connectivity index (χ3n) is 3.98. The first kappa shape index (κ1) is 16.9. The molecule has 1 fully saturated rings.